The molecule has 0 heterocycles. The van der Waals surface area contributed by atoms with Crippen molar-refractivity contribution in [2.75, 3.05) is 5.32 Å². The van der Waals surface area contributed by atoms with Crippen LogP contribution >= 0.6 is 0 Å². The van der Waals surface area contributed by atoms with Crippen molar-refractivity contribution in [2.24, 2.45) is 0 Å². The maximum absolute atomic E-state index is 12.8. The van der Waals surface area contributed by atoms with Crippen molar-refractivity contribution >= 4 is 11.7 Å². The number of hydrogen-bond acceptors (Lipinski definition) is 1. The van der Waals surface area contributed by atoms with Gasteiger partial charge in [-0.25, -0.2) is 4.79 Å². The lowest BCUT2D eigenvalue weighted by atomic mass is 9.98. The zero-order chi connectivity index (χ0) is 19.7. The van der Waals surface area contributed by atoms with Crippen LogP contribution in [0.5, 0.6) is 0 Å². The highest BCUT2D eigenvalue weighted by atomic mass is 19.4. The van der Waals surface area contributed by atoms with Gasteiger partial charge in [0.25, 0.3) is 5.54 Å². The fourth-order valence-electron chi connectivity index (χ4n) is 1.76. The van der Waals surface area contributed by atoms with E-state index in [0.717, 1.165) is 12.1 Å². The lowest BCUT2D eigenvalue weighted by Gasteiger charge is -2.35. The molecule has 1 rings (SSSR count). The Hall–Kier alpha value is -2.40. The highest BCUT2D eigenvalue weighted by molar-refractivity contribution is 5.91. The van der Waals surface area contributed by atoms with Gasteiger partial charge in [-0.15, -0.1) is 6.58 Å². The molecule has 0 radical (unpaired) electrons. The molecule has 3 nitrogen and oxygen atoms in total. The maximum atomic E-state index is 12.8. The Morgan fingerprint density at radius 1 is 0.920 bits per heavy atom. The second kappa shape index (κ2) is 6.48. The van der Waals surface area contributed by atoms with Crippen molar-refractivity contribution in [3.63, 3.8) is 0 Å². The summed E-state index contributed by atoms with van der Waals surface area (Å²) in [5.41, 5.74) is -7.31. The van der Waals surface area contributed by atoms with Crippen LogP contribution in [-0.4, -0.2) is 23.9 Å². The normalized spacial score (nSPS) is 13.3. The maximum Gasteiger partial charge on any atom is 0.424 e. The summed E-state index contributed by atoms with van der Waals surface area (Å²) >= 11 is 0. The number of nitrogens with one attached hydrogen (secondary N) is 2. The summed E-state index contributed by atoms with van der Waals surface area (Å²) in [4.78, 5) is 11.5. The third-order valence-corrected chi connectivity index (χ3v) is 2.99. The predicted octanol–water partition coefficient (Wildman–Crippen LogP) is 4.88. The molecule has 12 heteroatoms. The predicted molar refractivity (Wildman–Crippen MR) is 68.6 cm³/mol. The van der Waals surface area contributed by atoms with E-state index in [1.54, 1.807) is 0 Å². The van der Waals surface area contributed by atoms with Crippen LogP contribution in [0.4, 0.5) is 50.0 Å². The summed E-state index contributed by atoms with van der Waals surface area (Å²) in [5.74, 6) is 0. The van der Waals surface area contributed by atoms with Gasteiger partial charge in [0.2, 0.25) is 0 Å². The van der Waals surface area contributed by atoms with Crippen molar-refractivity contribution in [3.05, 3.63) is 42.5 Å². The molecule has 25 heavy (non-hydrogen) atoms. The van der Waals surface area contributed by atoms with Gasteiger partial charge < -0.3 is 10.6 Å². The second-order valence-corrected chi connectivity index (χ2v) is 4.63. The molecule has 0 aliphatic rings. The number of carbonyl (C=O) groups excluding carboxylic acids is 1. The molecule has 0 spiro atoms. The van der Waals surface area contributed by atoms with Crippen LogP contribution in [-0.2, 0) is 6.18 Å². The Morgan fingerprint density at radius 3 is 1.80 bits per heavy atom. The molecule has 0 aliphatic heterocycles. The first-order valence-corrected chi connectivity index (χ1v) is 6.18. The zero-order valence-electron chi connectivity index (χ0n) is 11.9. The number of carbonyl (C=O) groups is 1. The van der Waals surface area contributed by atoms with E-state index in [2.05, 4.69) is 6.58 Å². The number of anilines is 1. The van der Waals surface area contributed by atoms with Gasteiger partial charge in [-0.2, -0.15) is 39.5 Å². The van der Waals surface area contributed by atoms with Crippen LogP contribution in [0.15, 0.2) is 36.9 Å². The third kappa shape index (κ3) is 4.17. The van der Waals surface area contributed by atoms with Crippen molar-refractivity contribution in [1.29, 1.82) is 0 Å². The molecule has 1 aromatic rings. The average Bonchev–Trinajstić information content (AvgIpc) is 2.41. The van der Waals surface area contributed by atoms with Gasteiger partial charge >= 0.3 is 24.6 Å². The minimum absolute atomic E-state index is 0.490. The summed E-state index contributed by atoms with van der Waals surface area (Å²) in [7, 11) is 0. The largest absolute Gasteiger partial charge is 0.424 e. The molecule has 0 aromatic heterocycles. The minimum atomic E-state index is -6.03. The van der Waals surface area contributed by atoms with Gasteiger partial charge in [0.1, 0.15) is 0 Å². The van der Waals surface area contributed by atoms with Crippen LogP contribution in [0.1, 0.15) is 5.56 Å². The molecule has 0 saturated heterocycles. The number of alkyl halides is 9. The van der Waals surface area contributed by atoms with Crippen LogP contribution < -0.4 is 10.6 Å². The third-order valence-electron chi connectivity index (χ3n) is 2.99. The molecule has 0 bridgehead atoms. The zero-order valence-corrected chi connectivity index (χ0v) is 11.9. The van der Waals surface area contributed by atoms with Crippen molar-refractivity contribution < 1.29 is 44.3 Å². The number of amides is 2. The van der Waals surface area contributed by atoms with E-state index >= 15 is 0 Å². The molecule has 0 unspecified atom stereocenters. The van der Waals surface area contributed by atoms with E-state index in [4.69, 9.17) is 0 Å². The van der Waals surface area contributed by atoms with Crippen molar-refractivity contribution in [1.82, 2.24) is 5.32 Å². The molecule has 1 aromatic carbocycles. The molecule has 140 valence electrons. The van der Waals surface area contributed by atoms with E-state index in [0.29, 0.717) is 17.4 Å². The van der Waals surface area contributed by atoms with Crippen LogP contribution in [0, 0.1) is 0 Å². The minimum Gasteiger partial charge on any atom is -0.313 e. The quantitative estimate of drug-likeness (QED) is 0.570. The van der Waals surface area contributed by atoms with Gasteiger partial charge in [-0.3, -0.25) is 0 Å². The molecule has 0 fully saturated rings. The summed E-state index contributed by atoms with van der Waals surface area (Å²) in [5, 5.41) is 1.93. The Kier molecular flexibility index (Phi) is 5.35. The molecule has 0 atom stereocenters. The van der Waals surface area contributed by atoms with Crippen molar-refractivity contribution in [3.8, 4) is 0 Å². The molecule has 0 aliphatic carbocycles. The van der Waals surface area contributed by atoms with Gasteiger partial charge in [-0.1, -0.05) is 12.1 Å². The molecule has 2 N–H and O–H groups in total. The Balaban J connectivity index is 3.20. The van der Waals surface area contributed by atoms with Crippen LogP contribution in [0.2, 0.25) is 0 Å². The fraction of sp³-hybridized carbons (Fsp3) is 0.308. The lowest BCUT2D eigenvalue weighted by Crippen LogP contribution is -2.66. The monoisotopic (exact) mass is 380 g/mol. The smallest absolute Gasteiger partial charge is 0.313 e. The summed E-state index contributed by atoms with van der Waals surface area (Å²) in [6, 6.07) is 0.930. The topological polar surface area (TPSA) is 41.1 Å². The average molecular weight is 380 g/mol. The highest BCUT2D eigenvalue weighted by Gasteiger charge is 2.70. The first-order valence-electron chi connectivity index (χ1n) is 6.18. The van der Waals surface area contributed by atoms with Gasteiger partial charge in [0.05, 0.1) is 11.3 Å². The standard InChI is InChI=1S/C13H9F9N2O/c1-2-10(12(17,18)19,13(20,21)22)24-9(25)23-8-6-4-3-5-7(8)11(14,15)16/h2-6H,1H2,(H2,23,24,25). The number of halogens is 9. The van der Waals surface area contributed by atoms with Gasteiger partial charge in [0.15, 0.2) is 0 Å². The Labute approximate surface area is 134 Å². The summed E-state index contributed by atoms with van der Waals surface area (Å²) in [6.07, 6.45) is -17.7. The van der Waals surface area contributed by atoms with E-state index < -0.39 is 47.4 Å². The van der Waals surface area contributed by atoms with E-state index in [1.165, 1.54) is 5.32 Å². The van der Waals surface area contributed by atoms with E-state index in [9.17, 15) is 44.3 Å². The number of hydrogen-bond donors (Lipinski definition) is 2. The SMILES string of the molecule is C=CC(NC(=O)Nc1ccccc1C(F)(F)F)(C(F)(F)F)C(F)(F)F. The molecular weight excluding hydrogens is 371 g/mol. The van der Waals surface area contributed by atoms with Crippen LogP contribution in [0.25, 0.3) is 0 Å². The van der Waals surface area contributed by atoms with Gasteiger partial charge in [0, 0.05) is 0 Å². The molecule has 0 saturated carbocycles. The van der Waals surface area contributed by atoms with Crippen molar-refractivity contribution in [2.45, 2.75) is 24.1 Å². The van der Waals surface area contributed by atoms with Gasteiger partial charge in [-0.05, 0) is 18.2 Å². The number of urea groups is 1. The summed E-state index contributed by atoms with van der Waals surface area (Å²) in [6.45, 7) is 2.42. The molecule has 2 amide bonds. The molecular formula is C13H9F9N2O. The number of para-hydroxylation sites is 1. The number of benzene rings is 1. The first-order chi connectivity index (χ1) is 11.2. The van der Waals surface area contributed by atoms with E-state index in [1.807, 2.05) is 0 Å². The lowest BCUT2D eigenvalue weighted by molar-refractivity contribution is -0.286. The fourth-order valence-corrected chi connectivity index (χ4v) is 1.76. The second-order valence-electron chi connectivity index (χ2n) is 4.63. The van der Waals surface area contributed by atoms with Crippen LogP contribution in [0.3, 0.4) is 0 Å². The Bertz CT molecular complexity index is 632. The van der Waals surface area contributed by atoms with E-state index in [-0.39, 0.29) is 0 Å². The summed E-state index contributed by atoms with van der Waals surface area (Å²) < 4.78 is 115. The number of rotatable bonds is 3. The first kappa shape index (κ1) is 20.6. The highest BCUT2D eigenvalue weighted by Crippen LogP contribution is 2.44. The Morgan fingerprint density at radius 2 is 1.40 bits per heavy atom.